The highest BCUT2D eigenvalue weighted by molar-refractivity contribution is 9.10. The van der Waals surface area contributed by atoms with E-state index in [9.17, 15) is 18.0 Å². The van der Waals surface area contributed by atoms with Gasteiger partial charge in [0.1, 0.15) is 6.04 Å². The summed E-state index contributed by atoms with van der Waals surface area (Å²) in [6.45, 7) is 0. The molecule has 11 heteroatoms. The minimum atomic E-state index is -4.25. The Balaban J connectivity index is 1.65. The lowest BCUT2D eigenvalue weighted by Crippen LogP contribution is -2.49. The lowest BCUT2D eigenvalue weighted by atomic mass is 9.88. The topological polar surface area (TPSA) is 110 Å². The van der Waals surface area contributed by atoms with E-state index in [0.717, 1.165) is 5.56 Å². The Morgan fingerprint density at radius 2 is 1.50 bits per heavy atom. The van der Waals surface area contributed by atoms with Crippen molar-refractivity contribution in [3.8, 4) is 0 Å². The number of carbonyl (C=O) groups excluding carboxylic acids is 2. The zero-order valence-electron chi connectivity index (χ0n) is 23.2. The van der Waals surface area contributed by atoms with E-state index in [4.69, 9.17) is 28.9 Å². The van der Waals surface area contributed by atoms with Crippen LogP contribution >= 0.6 is 39.1 Å². The number of benzene rings is 4. The molecule has 1 aliphatic rings. The van der Waals surface area contributed by atoms with Crippen LogP contribution in [0.1, 0.15) is 35.2 Å². The average molecular weight is 713 g/mol. The van der Waals surface area contributed by atoms with Crippen molar-refractivity contribution in [1.29, 1.82) is 0 Å². The summed E-state index contributed by atoms with van der Waals surface area (Å²) in [6, 6.07) is 26.3. The largest absolute Gasteiger partial charge is 0.368 e. The third-order valence-corrected chi connectivity index (χ3v) is 10.3. The summed E-state index contributed by atoms with van der Waals surface area (Å²) < 4.78 is 31.2. The lowest BCUT2D eigenvalue weighted by molar-refractivity contribution is -0.125. The van der Waals surface area contributed by atoms with Crippen LogP contribution in [0.15, 0.2) is 124 Å². The molecule has 0 aliphatic carbocycles. The summed E-state index contributed by atoms with van der Waals surface area (Å²) in [5.74, 6) is -1.33. The summed E-state index contributed by atoms with van der Waals surface area (Å²) in [4.78, 5) is 26.6. The zero-order chi connectivity index (χ0) is 31.4. The second kappa shape index (κ2) is 13.7. The van der Waals surface area contributed by atoms with Crippen LogP contribution in [-0.2, 0) is 26.0 Å². The summed E-state index contributed by atoms with van der Waals surface area (Å²) in [7, 11) is -4.25. The predicted octanol–water partition coefficient (Wildman–Crippen LogP) is 6.77. The molecule has 226 valence electrons. The molecule has 1 heterocycles. The minimum Gasteiger partial charge on any atom is -0.368 e. The van der Waals surface area contributed by atoms with Crippen molar-refractivity contribution in [2.75, 3.05) is 0 Å². The van der Waals surface area contributed by atoms with Crippen molar-refractivity contribution in [3.63, 3.8) is 0 Å². The number of halogens is 3. The molecule has 0 saturated carbocycles. The first-order valence-corrected chi connectivity index (χ1v) is 16.7. The van der Waals surface area contributed by atoms with E-state index in [1.165, 1.54) is 16.4 Å². The zero-order valence-corrected chi connectivity index (χ0v) is 27.2. The molecule has 4 aromatic carbocycles. The van der Waals surface area contributed by atoms with Crippen molar-refractivity contribution in [1.82, 2.24) is 9.62 Å². The number of hydrogen-bond donors (Lipinski definition) is 2. The van der Waals surface area contributed by atoms with Gasteiger partial charge in [0, 0.05) is 26.5 Å². The highest BCUT2D eigenvalue weighted by atomic mass is 79.9. The number of hydrogen-bond acceptors (Lipinski definition) is 4. The van der Waals surface area contributed by atoms with Gasteiger partial charge in [-0.25, -0.2) is 8.42 Å². The Morgan fingerprint density at radius 3 is 2.11 bits per heavy atom. The molecule has 2 amide bonds. The van der Waals surface area contributed by atoms with E-state index in [0.29, 0.717) is 25.6 Å². The van der Waals surface area contributed by atoms with Gasteiger partial charge in [-0.3, -0.25) is 9.59 Å². The van der Waals surface area contributed by atoms with Gasteiger partial charge in [0.15, 0.2) is 0 Å². The van der Waals surface area contributed by atoms with Crippen LogP contribution in [-0.4, -0.2) is 30.6 Å². The van der Waals surface area contributed by atoms with Gasteiger partial charge in [-0.15, -0.1) is 0 Å². The quantitative estimate of drug-likeness (QED) is 0.200. The van der Waals surface area contributed by atoms with E-state index in [2.05, 4.69) is 21.2 Å². The van der Waals surface area contributed by atoms with Crippen molar-refractivity contribution in [2.24, 2.45) is 5.73 Å². The molecule has 0 bridgehead atoms. The highest BCUT2D eigenvalue weighted by Crippen LogP contribution is 2.46. The molecule has 5 rings (SSSR count). The van der Waals surface area contributed by atoms with E-state index in [1.54, 1.807) is 66.7 Å². The van der Waals surface area contributed by atoms with Crippen molar-refractivity contribution in [2.45, 2.75) is 35.9 Å². The molecule has 44 heavy (non-hydrogen) atoms. The molecular weight excluding hydrogens is 685 g/mol. The number of nitrogens with zero attached hydrogens (tertiary/aromatic N) is 1. The van der Waals surface area contributed by atoms with Crippen LogP contribution in [0.3, 0.4) is 0 Å². The first-order valence-electron chi connectivity index (χ1n) is 13.7. The predicted molar refractivity (Wildman–Crippen MR) is 176 cm³/mol. The number of nitrogens with one attached hydrogen (secondary N) is 1. The fraction of sp³-hybridized carbons (Fsp3) is 0.152. The maximum absolute atomic E-state index is 14.6. The number of rotatable bonds is 9. The summed E-state index contributed by atoms with van der Waals surface area (Å²) in [5.41, 5.74) is 7.79. The highest BCUT2D eigenvalue weighted by Gasteiger charge is 2.45. The van der Waals surface area contributed by atoms with E-state index in [-0.39, 0.29) is 23.3 Å². The summed E-state index contributed by atoms with van der Waals surface area (Å²) in [5, 5.41) is 3.58. The number of nitrogens with two attached hydrogens (primary N) is 1. The third kappa shape index (κ3) is 7.08. The van der Waals surface area contributed by atoms with Crippen LogP contribution in [0.5, 0.6) is 0 Å². The van der Waals surface area contributed by atoms with Gasteiger partial charge in [0.25, 0.3) is 0 Å². The van der Waals surface area contributed by atoms with Crippen molar-refractivity contribution in [3.05, 3.63) is 146 Å². The van der Waals surface area contributed by atoms with Crippen molar-refractivity contribution < 1.29 is 18.0 Å². The Labute approximate surface area is 274 Å². The second-order valence-electron chi connectivity index (χ2n) is 10.3. The first-order chi connectivity index (χ1) is 21.0. The molecule has 3 N–H and O–H groups in total. The fourth-order valence-corrected chi connectivity index (χ4v) is 7.78. The molecule has 3 atom stereocenters. The minimum absolute atomic E-state index is 0.0421. The molecule has 0 aromatic heterocycles. The summed E-state index contributed by atoms with van der Waals surface area (Å²) in [6.07, 6.45) is 2.04. The molecule has 0 radical (unpaired) electrons. The summed E-state index contributed by atoms with van der Waals surface area (Å²) >= 11 is 16.1. The van der Waals surface area contributed by atoms with Gasteiger partial charge in [-0.05, 0) is 71.6 Å². The monoisotopic (exact) mass is 711 g/mol. The fourth-order valence-electron chi connectivity index (χ4n) is 5.34. The van der Waals surface area contributed by atoms with E-state index in [1.807, 2.05) is 30.3 Å². The Hall–Kier alpha value is -3.47. The SMILES string of the molecule is NC(=O)[C@H](Cc1ccccc1)NC(=O)C1=CCC(c2cccc(Cl)c2)N(S(=O)(=O)c2ccc(Br)cc2)C1c1cccc(Cl)c1. The molecule has 0 saturated heterocycles. The maximum Gasteiger partial charge on any atom is 0.249 e. The standard InChI is InChI=1S/C33H28BrCl2N3O4S/c34-24-12-14-27(15-13-24)44(42,43)39-30(22-8-4-10-25(35)19-22)17-16-28(31(39)23-9-5-11-26(36)20-23)33(41)38-29(32(37)40)18-21-6-2-1-3-7-21/h1-16,19-20,29-31H,17-18H2,(H2,37,40)(H,38,41)/t29-,30?,31?/m0/s1. The van der Waals surface area contributed by atoms with Crippen molar-refractivity contribution >= 4 is 61.0 Å². The van der Waals surface area contributed by atoms with Gasteiger partial charge in [0.05, 0.1) is 17.0 Å². The van der Waals surface area contributed by atoms with Crippen LogP contribution in [0.4, 0.5) is 0 Å². The van der Waals surface area contributed by atoms with Crippen LogP contribution < -0.4 is 11.1 Å². The molecule has 2 unspecified atom stereocenters. The van der Waals surface area contributed by atoms with Crippen LogP contribution in [0.2, 0.25) is 10.0 Å². The van der Waals surface area contributed by atoms with E-state index < -0.39 is 40.0 Å². The number of amides is 2. The van der Waals surface area contributed by atoms with Gasteiger partial charge in [-0.2, -0.15) is 4.31 Å². The van der Waals surface area contributed by atoms with Gasteiger partial charge in [-0.1, -0.05) is 99.8 Å². The van der Waals surface area contributed by atoms with Gasteiger partial charge in [0.2, 0.25) is 21.8 Å². The Morgan fingerprint density at radius 1 is 0.886 bits per heavy atom. The molecule has 0 fully saturated rings. The smallest absolute Gasteiger partial charge is 0.249 e. The second-order valence-corrected chi connectivity index (χ2v) is 14.0. The maximum atomic E-state index is 14.6. The Bertz CT molecular complexity index is 1820. The molecular formula is C33H28BrCl2N3O4S. The third-order valence-electron chi connectivity index (χ3n) is 7.40. The Kier molecular flexibility index (Phi) is 9.92. The molecule has 0 spiro atoms. The van der Waals surface area contributed by atoms with Gasteiger partial charge < -0.3 is 11.1 Å². The lowest BCUT2D eigenvalue weighted by Gasteiger charge is -2.41. The van der Waals surface area contributed by atoms with E-state index >= 15 is 0 Å². The molecule has 1 aliphatic heterocycles. The molecule has 7 nitrogen and oxygen atoms in total. The number of primary amides is 1. The first kappa shape index (κ1) is 31.9. The average Bonchev–Trinajstić information content (AvgIpc) is 3.00. The number of carbonyl (C=O) groups is 2. The number of sulfonamides is 1. The molecule has 4 aromatic rings. The van der Waals surface area contributed by atoms with Crippen LogP contribution in [0, 0.1) is 0 Å². The normalized spacial score (nSPS) is 17.8. The van der Waals surface area contributed by atoms with Gasteiger partial charge >= 0.3 is 0 Å². The van der Waals surface area contributed by atoms with Crippen LogP contribution in [0.25, 0.3) is 0 Å².